The number of hydrogen-bond donors (Lipinski definition) is 0. The van der Waals surface area contributed by atoms with Crippen LogP contribution in [-0.4, -0.2) is 24.5 Å². The van der Waals surface area contributed by atoms with Crippen molar-refractivity contribution < 1.29 is 17.6 Å². The largest absolute Gasteiger partial charge is 0.457 e. The maximum atomic E-state index is 12.8. The molecule has 0 bridgehead atoms. The van der Waals surface area contributed by atoms with E-state index >= 15 is 0 Å². The first-order chi connectivity index (χ1) is 14.3. The number of hydrazone groups is 1. The number of amides is 1. The maximum Gasteiger partial charge on any atom is 0.290 e. The zero-order valence-electron chi connectivity index (χ0n) is 15.5. The van der Waals surface area contributed by atoms with E-state index < -0.39 is 15.9 Å². The van der Waals surface area contributed by atoms with Crippen LogP contribution in [0.3, 0.4) is 0 Å². The second kappa shape index (κ2) is 7.75. The average Bonchev–Trinajstić information content (AvgIpc) is 3.31. The van der Waals surface area contributed by atoms with Gasteiger partial charge in [0.1, 0.15) is 11.5 Å². The topological polar surface area (TPSA) is 80.0 Å². The Labute approximate surface area is 183 Å². The highest BCUT2D eigenvalue weighted by molar-refractivity contribution is 7.89. The van der Waals surface area contributed by atoms with Gasteiger partial charge in [-0.25, -0.2) is 0 Å². The van der Waals surface area contributed by atoms with Gasteiger partial charge in [0.2, 0.25) is 0 Å². The Bertz CT molecular complexity index is 1310. The van der Waals surface area contributed by atoms with Crippen molar-refractivity contribution in [3.05, 3.63) is 82.0 Å². The van der Waals surface area contributed by atoms with Crippen LogP contribution in [-0.2, 0) is 14.8 Å². The minimum Gasteiger partial charge on any atom is -0.457 e. The summed E-state index contributed by atoms with van der Waals surface area (Å²) in [7, 11) is -4.10. The van der Waals surface area contributed by atoms with E-state index in [4.69, 9.17) is 27.6 Å². The highest BCUT2D eigenvalue weighted by atomic mass is 35.5. The molecular weight excluding hydrogens is 447 g/mol. The summed E-state index contributed by atoms with van der Waals surface area (Å²) in [5, 5.41) is 4.91. The number of benzene rings is 2. The fourth-order valence-corrected chi connectivity index (χ4v) is 4.55. The number of sulfonamides is 1. The highest BCUT2D eigenvalue weighted by Crippen LogP contribution is 2.33. The lowest BCUT2D eigenvalue weighted by Crippen LogP contribution is -2.29. The van der Waals surface area contributed by atoms with Gasteiger partial charge in [-0.15, -0.1) is 4.41 Å². The second-order valence-electron chi connectivity index (χ2n) is 6.44. The molecular formula is C21H14Cl2N2O4S. The molecule has 2 heterocycles. The quantitative estimate of drug-likeness (QED) is 0.498. The van der Waals surface area contributed by atoms with Crippen molar-refractivity contribution >= 4 is 50.9 Å². The van der Waals surface area contributed by atoms with E-state index in [-0.39, 0.29) is 16.2 Å². The summed E-state index contributed by atoms with van der Waals surface area (Å²) in [4.78, 5) is 12.8. The summed E-state index contributed by atoms with van der Waals surface area (Å²) in [6.07, 6.45) is 1.45. The van der Waals surface area contributed by atoms with Crippen molar-refractivity contribution in [2.24, 2.45) is 5.10 Å². The number of halogens is 2. The molecule has 1 aliphatic heterocycles. The third-order valence-electron chi connectivity index (χ3n) is 4.41. The lowest BCUT2D eigenvalue weighted by molar-refractivity contribution is -0.121. The molecule has 1 amide bonds. The molecule has 0 N–H and O–H groups in total. The van der Waals surface area contributed by atoms with E-state index in [1.54, 1.807) is 55.5 Å². The molecule has 0 saturated carbocycles. The number of carbonyl (C=O) groups excluding carboxylic acids is 1. The van der Waals surface area contributed by atoms with E-state index in [0.717, 1.165) is 0 Å². The number of carbonyl (C=O) groups is 1. The first-order valence-corrected chi connectivity index (χ1v) is 10.9. The predicted octanol–water partition coefficient (Wildman–Crippen LogP) is 5.24. The zero-order chi connectivity index (χ0) is 21.5. The van der Waals surface area contributed by atoms with Crippen molar-refractivity contribution in [3.8, 4) is 11.3 Å². The van der Waals surface area contributed by atoms with Gasteiger partial charge in [-0.3, -0.25) is 4.79 Å². The molecule has 30 heavy (non-hydrogen) atoms. The Morgan fingerprint density at radius 3 is 2.50 bits per heavy atom. The first-order valence-electron chi connectivity index (χ1n) is 8.74. The first kappa shape index (κ1) is 20.4. The summed E-state index contributed by atoms with van der Waals surface area (Å²) >= 11 is 12.2. The van der Waals surface area contributed by atoms with Gasteiger partial charge in [-0.1, -0.05) is 41.4 Å². The van der Waals surface area contributed by atoms with Crippen molar-refractivity contribution in [2.75, 3.05) is 0 Å². The third-order valence-corrected chi connectivity index (χ3v) is 6.55. The van der Waals surface area contributed by atoms with Gasteiger partial charge in [0, 0.05) is 10.6 Å². The molecule has 9 heteroatoms. The van der Waals surface area contributed by atoms with Crippen LogP contribution >= 0.6 is 23.2 Å². The molecule has 1 aliphatic rings. The van der Waals surface area contributed by atoms with Gasteiger partial charge in [-0.05, 0) is 55.5 Å². The number of nitrogens with zero attached hydrogens (tertiary/aromatic N) is 2. The average molecular weight is 461 g/mol. The van der Waals surface area contributed by atoms with Gasteiger partial charge >= 0.3 is 0 Å². The predicted molar refractivity (Wildman–Crippen MR) is 116 cm³/mol. The Morgan fingerprint density at radius 2 is 1.77 bits per heavy atom. The normalized spacial score (nSPS) is 15.7. The summed E-state index contributed by atoms with van der Waals surface area (Å²) in [6, 6.07) is 16.0. The van der Waals surface area contributed by atoms with E-state index in [1.807, 2.05) is 0 Å². The number of furan rings is 1. The molecule has 6 nitrogen and oxygen atoms in total. The fourth-order valence-electron chi connectivity index (χ4n) is 2.92. The molecule has 2 aromatic carbocycles. The van der Waals surface area contributed by atoms with Crippen LogP contribution < -0.4 is 0 Å². The number of hydrogen-bond acceptors (Lipinski definition) is 5. The molecule has 0 aliphatic carbocycles. The van der Waals surface area contributed by atoms with Gasteiger partial charge in [0.05, 0.1) is 21.2 Å². The van der Waals surface area contributed by atoms with Crippen molar-refractivity contribution in [2.45, 2.75) is 11.8 Å². The molecule has 0 atom stereocenters. The Hall–Kier alpha value is -2.87. The second-order valence-corrected chi connectivity index (χ2v) is 9.05. The fraction of sp³-hybridized carbons (Fsp3) is 0.0476. The van der Waals surface area contributed by atoms with E-state index in [9.17, 15) is 13.2 Å². The maximum absolute atomic E-state index is 12.8. The van der Waals surface area contributed by atoms with Crippen molar-refractivity contribution in [3.63, 3.8) is 0 Å². The van der Waals surface area contributed by atoms with Crippen LogP contribution in [0.25, 0.3) is 17.4 Å². The minimum absolute atomic E-state index is 0.0213. The molecule has 1 aromatic heterocycles. The summed E-state index contributed by atoms with van der Waals surface area (Å²) in [6.45, 7) is 1.56. The number of rotatable bonds is 4. The smallest absolute Gasteiger partial charge is 0.290 e. The van der Waals surface area contributed by atoms with Crippen LogP contribution in [0.5, 0.6) is 0 Å². The molecule has 152 valence electrons. The van der Waals surface area contributed by atoms with E-state index in [2.05, 4.69) is 5.10 Å². The highest BCUT2D eigenvalue weighted by Gasteiger charge is 2.37. The molecule has 4 rings (SSSR count). The molecule has 0 saturated heterocycles. The van der Waals surface area contributed by atoms with Gasteiger partial charge < -0.3 is 4.42 Å². The third kappa shape index (κ3) is 3.67. The Balaban J connectivity index is 1.66. The monoisotopic (exact) mass is 460 g/mol. The van der Waals surface area contributed by atoms with Crippen LogP contribution in [0.4, 0.5) is 0 Å². The molecule has 0 unspecified atom stereocenters. The van der Waals surface area contributed by atoms with Gasteiger partial charge in [0.15, 0.2) is 0 Å². The molecule has 0 radical (unpaired) electrons. The van der Waals surface area contributed by atoms with Crippen LogP contribution in [0.15, 0.2) is 80.7 Å². The van der Waals surface area contributed by atoms with Gasteiger partial charge in [0.25, 0.3) is 15.9 Å². The van der Waals surface area contributed by atoms with Gasteiger partial charge in [-0.2, -0.15) is 13.5 Å². The van der Waals surface area contributed by atoms with Crippen molar-refractivity contribution in [1.29, 1.82) is 0 Å². The summed E-state index contributed by atoms with van der Waals surface area (Å²) in [5.41, 5.74) is 0.982. The minimum atomic E-state index is -4.10. The molecule has 0 spiro atoms. The molecule has 0 fully saturated rings. The van der Waals surface area contributed by atoms with E-state index in [0.29, 0.717) is 31.5 Å². The SMILES string of the molecule is CC1=NN(S(=O)(=O)c2ccccc2)C(=O)C1=Cc1ccc(-c2cc(Cl)ccc2Cl)o1. The lowest BCUT2D eigenvalue weighted by atomic mass is 10.1. The summed E-state index contributed by atoms with van der Waals surface area (Å²) < 4.78 is 31.8. The van der Waals surface area contributed by atoms with E-state index in [1.165, 1.54) is 18.2 Å². The van der Waals surface area contributed by atoms with Crippen LogP contribution in [0.2, 0.25) is 10.0 Å². The lowest BCUT2D eigenvalue weighted by Gasteiger charge is -2.12. The van der Waals surface area contributed by atoms with Crippen molar-refractivity contribution in [1.82, 2.24) is 4.41 Å². The molecule has 3 aromatic rings. The zero-order valence-corrected chi connectivity index (χ0v) is 17.9. The Morgan fingerprint density at radius 1 is 1.03 bits per heavy atom. The Kier molecular flexibility index (Phi) is 5.27. The standard InChI is InChI=1S/C21H14Cl2N2O4S/c1-13-17(21(26)25(24-13)30(27,28)16-5-3-2-4-6-16)12-15-8-10-20(29-15)18-11-14(22)7-9-19(18)23/h2-12H,1H3. The van der Waals surface area contributed by atoms with Crippen LogP contribution in [0.1, 0.15) is 12.7 Å². The summed E-state index contributed by atoms with van der Waals surface area (Å²) in [5.74, 6) is 0.0520. The van der Waals surface area contributed by atoms with Crippen LogP contribution in [0, 0.1) is 0 Å².